The molecule has 1 heterocycles. The van der Waals surface area contributed by atoms with Gasteiger partial charge in [-0.05, 0) is 31.7 Å². The second kappa shape index (κ2) is 5.13. The first-order chi connectivity index (χ1) is 6.90. The van der Waals surface area contributed by atoms with Crippen LogP contribution < -0.4 is 5.32 Å². The van der Waals surface area contributed by atoms with E-state index < -0.39 is 0 Å². The molecular formula is C12H24N2. The number of hydrogen-bond acceptors (Lipinski definition) is 2. The van der Waals surface area contributed by atoms with Crippen molar-refractivity contribution in [3.63, 3.8) is 0 Å². The lowest BCUT2D eigenvalue weighted by molar-refractivity contribution is 0.186. The smallest absolute Gasteiger partial charge is 0.0223 e. The Balaban J connectivity index is 1.65. The summed E-state index contributed by atoms with van der Waals surface area (Å²) in [6.07, 6.45) is 7.09. The molecule has 2 aliphatic rings. The summed E-state index contributed by atoms with van der Waals surface area (Å²) >= 11 is 0. The van der Waals surface area contributed by atoms with E-state index in [4.69, 9.17) is 0 Å². The third-order valence-corrected chi connectivity index (χ3v) is 3.56. The molecule has 0 bridgehead atoms. The average molecular weight is 196 g/mol. The summed E-state index contributed by atoms with van der Waals surface area (Å²) < 4.78 is 0. The molecule has 0 spiro atoms. The molecule has 0 aromatic heterocycles. The van der Waals surface area contributed by atoms with Crippen molar-refractivity contribution < 1.29 is 0 Å². The topological polar surface area (TPSA) is 15.3 Å². The van der Waals surface area contributed by atoms with Crippen molar-refractivity contribution in [2.75, 3.05) is 26.2 Å². The number of rotatable bonds is 5. The van der Waals surface area contributed by atoms with E-state index in [0.717, 1.165) is 12.0 Å². The van der Waals surface area contributed by atoms with Crippen molar-refractivity contribution in [1.29, 1.82) is 0 Å². The highest BCUT2D eigenvalue weighted by molar-refractivity contribution is 4.91. The van der Waals surface area contributed by atoms with Crippen LogP contribution in [0, 0.1) is 5.92 Å². The quantitative estimate of drug-likeness (QED) is 0.675. The molecule has 1 aliphatic carbocycles. The van der Waals surface area contributed by atoms with Gasteiger partial charge in [0, 0.05) is 25.7 Å². The summed E-state index contributed by atoms with van der Waals surface area (Å²) in [6.45, 7) is 7.41. The van der Waals surface area contributed by atoms with Crippen molar-refractivity contribution in [2.45, 2.75) is 45.1 Å². The van der Waals surface area contributed by atoms with Crippen LogP contribution in [0.3, 0.4) is 0 Å². The van der Waals surface area contributed by atoms with Gasteiger partial charge in [-0.1, -0.05) is 19.8 Å². The van der Waals surface area contributed by atoms with Gasteiger partial charge in [0.2, 0.25) is 0 Å². The molecule has 14 heavy (non-hydrogen) atoms. The van der Waals surface area contributed by atoms with E-state index >= 15 is 0 Å². The van der Waals surface area contributed by atoms with Crippen LogP contribution in [0.4, 0.5) is 0 Å². The molecule has 0 amide bonds. The number of nitrogens with one attached hydrogen (secondary N) is 1. The van der Waals surface area contributed by atoms with Gasteiger partial charge in [0.15, 0.2) is 0 Å². The van der Waals surface area contributed by atoms with Crippen LogP contribution in [0.5, 0.6) is 0 Å². The first-order valence-electron chi connectivity index (χ1n) is 6.36. The zero-order chi connectivity index (χ0) is 9.80. The van der Waals surface area contributed by atoms with Crippen LogP contribution in [0.1, 0.15) is 39.0 Å². The Morgan fingerprint density at radius 1 is 1.29 bits per heavy atom. The van der Waals surface area contributed by atoms with Crippen molar-refractivity contribution >= 4 is 0 Å². The average Bonchev–Trinajstić information content (AvgIpc) is 3.02. The van der Waals surface area contributed by atoms with Gasteiger partial charge in [-0.25, -0.2) is 0 Å². The molecule has 1 atom stereocenters. The van der Waals surface area contributed by atoms with E-state index in [1.807, 2.05) is 0 Å². The molecule has 1 unspecified atom stereocenters. The van der Waals surface area contributed by atoms with E-state index in [-0.39, 0.29) is 0 Å². The number of piperazine rings is 1. The van der Waals surface area contributed by atoms with Crippen LogP contribution in [0.15, 0.2) is 0 Å². The zero-order valence-electron chi connectivity index (χ0n) is 9.47. The van der Waals surface area contributed by atoms with E-state index in [0.29, 0.717) is 0 Å². The van der Waals surface area contributed by atoms with Crippen LogP contribution in [0.2, 0.25) is 0 Å². The molecule has 0 aromatic carbocycles. The predicted octanol–water partition coefficient (Wildman–Crippen LogP) is 1.86. The summed E-state index contributed by atoms with van der Waals surface area (Å²) in [7, 11) is 0. The fourth-order valence-corrected chi connectivity index (χ4v) is 2.44. The second-order valence-electron chi connectivity index (χ2n) is 4.91. The molecular weight excluding hydrogens is 172 g/mol. The molecule has 2 rings (SSSR count). The van der Waals surface area contributed by atoms with Crippen LogP contribution in [-0.2, 0) is 0 Å². The molecule has 0 aromatic rings. The minimum absolute atomic E-state index is 0.824. The Labute approximate surface area is 88.1 Å². The molecule has 82 valence electrons. The molecule has 2 fully saturated rings. The van der Waals surface area contributed by atoms with E-state index in [2.05, 4.69) is 17.1 Å². The van der Waals surface area contributed by atoms with Gasteiger partial charge in [0.1, 0.15) is 0 Å². The standard InChI is InChI=1S/C12H24N2/c1-2-3-4-8-14-9-7-13-12(10-14)11-5-6-11/h11-13H,2-10H2,1H3. The summed E-state index contributed by atoms with van der Waals surface area (Å²) in [6, 6.07) is 0.824. The van der Waals surface area contributed by atoms with Gasteiger partial charge >= 0.3 is 0 Å². The summed E-state index contributed by atoms with van der Waals surface area (Å²) in [5, 5.41) is 3.66. The Morgan fingerprint density at radius 3 is 2.86 bits per heavy atom. The van der Waals surface area contributed by atoms with Crippen molar-refractivity contribution in [3.8, 4) is 0 Å². The van der Waals surface area contributed by atoms with Crippen LogP contribution in [0.25, 0.3) is 0 Å². The largest absolute Gasteiger partial charge is 0.311 e. The van der Waals surface area contributed by atoms with Gasteiger partial charge in [0.25, 0.3) is 0 Å². The Hall–Kier alpha value is -0.0800. The lowest BCUT2D eigenvalue weighted by Crippen LogP contribution is -2.51. The fraction of sp³-hybridized carbons (Fsp3) is 1.00. The fourth-order valence-electron chi connectivity index (χ4n) is 2.44. The number of unbranched alkanes of at least 4 members (excludes halogenated alkanes) is 2. The molecule has 1 saturated carbocycles. The minimum Gasteiger partial charge on any atom is -0.311 e. The highest BCUT2D eigenvalue weighted by atomic mass is 15.2. The number of nitrogens with zero attached hydrogens (tertiary/aromatic N) is 1. The predicted molar refractivity (Wildman–Crippen MR) is 60.5 cm³/mol. The Morgan fingerprint density at radius 2 is 2.14 bits per heavy atom. The maximum Gasteiger partial charge on any atom is 0.0223 e. The van der Waals surface area contributed by atoms with Gasteiger partial charge in [0.05, 0.1) is 0 Å². The van der Waals surface area contributed by atoms with E-state index in [9.17, 15) is 0 Å². The van der Waals surface area contributed by atoms with Gasteiger partial charge in [-0.3, -0.25) is 0 Å². The molecule has 2 nitrogen and oxygen atoms in total. The highest BCUT2D eigenvalue weighted by Crippen LogP contribution is 2.33. The maximum atomic E-state index is 3.66. The lowest BCUT2D eigenvalue weighted by atomic mass is 10.1. The van der Waals surface area contributed by atoms with Crippen molar-refractivity contribution in [2.24, 2.45) is 5.92 Å². The summed E-state index contributed by atoms with van der Waals surface area (Å²) in [5.41, 5.74) is 0. The SMILES string of the molecule is CCCCCN1CCNC(C2CC2)C1. The summed E-state index contributed by atoms with van der Waals surface area (Å²) in [4.78, 5) is 2.66. The molecule has 1 N–H and O–H groups in total. The molecule has 0 radical (unpaired) electrons. The van der Waals surface area contributed by atoms with Crippen molar-refractivity contribution in [1.82, 2.24) is 10.2 Å². The van der Waals surface area contributed by atoms with Crippen LogP contribution in [-0.4, -0.2) is 37.1 Å². The van der Waals surface area contributed by atoms with Crippen LogP contribution >= 0.6 is 0 Å². The van der Waals surface area contributed by atoms with E-state index in [1.54, 1.807) is 0 Å². The van der Waals surface area contributed by atoms with E-state index in [1.165, 1.54) is 58.3 Å². The minimum atomic E-state index is 0.824. The van der Waals surface area contributed by atoms with Crippen molar-refractivity contribution in [3.05, 3.63) is 0 Å². The third kappa shape index (κ3) is 2.96. The Kier molecular flexibility index (Phi) is 3.82. The normalized spacial score (nSPS) is 29.4. The first kappa shape index (κ1) is 10.4. The lowest BCUT2D eigenvalue weighted by Gasteiger charge is -2.33. The van der Waals surface area contributed by atoms with Gasteiger partial charge in [-0.15, -0.1) is 0 Å². The third-order valence-electron chi connectivity index (χ3n) is 3.56. The molecule has 1 saturated heterocycles. The first-order valence-corrected chi connectivity index (χ1v) is 6.36. The monoisotopic (exact) mass is 196 g/mol. The maximum absolute atomic E-state index is 3.66. The molecule has 2 heteroatoms. The van der Waals surface area contributed by atoms with Gasteiger partial charge < -0.3 is 10.2 Å². The highest BCUT2D eigenvalue weighted by Gasteiger charge is 2.33. The number of hydrogen-bond donors (Lipinski definition) is 1. The second-order valence-corrected chi connectivity index (χ2v) is 4.91. The molecule has 1 aliphatic heterocycles. The Bertz CT molecular complexity index is 166. The van der Waals surface area contributed by atoms with Gasteiger partial charge in [-0.2, -0.15) is 0 Å². The summed E-state index contributed by atoms with van der Waals surface area (Å²) in [5.74, 6) is 1.02. The zero-order valence-corrected chi connectivity index (χ0v) is 9.47.